The number of Topliss-reactive ketones (excluding diaryl/α,β-unsaturated/α-hetero) is 1. The smallest absolute Gasteiger partial charge is 0.136 e. The topological polar surface area (TPSA) is 30.0 Å². The fraction of sp³-hybridized carbons (Fsp3) is 0.412. The van der Waals surface area contributed by atoms with E-state index >= 15 is 0 Å². The van der Waals surface area contributed by atoms with E-state index in [4.69, 9.17) is 0 Å². The zero-order valence-corrected chi connectivity index (χ0v) is 12.5. The molecule has 2 nitrogen and oxygen atoms in total. The lowest BCUT2D eigenvalue weighted by Crippen LogP contribution is -2.25. The van der Waals surface area contributed by atoms with E-state index in [2.05, 4.69) is 34.6 Å². The predicted molar refractivity (Wildman–Crippen MR) is 82.1 cm³/mol. The molecule has 0 aliphatic heterocycles. The first kappa shape index (κ1) is 13.5. The Kier molecular flexibility index (Phi) is 3.97. The third kappa shape index (κ3) is 2.98. The molecule has 1 saturated carbocycles. The lowest BCUT2D eigenvalue weighted by molar-refractivity contribution is -0.124. The van der Waals surface area contributed by atoms with E-state index in [-0.39, 0.29) is 5.92 Å². The molecule has 0 spiro atoms. The molecule has 0 N–H and O–H groups in total. The Bertz CT molecular complexity index is 590. The van der Waals surface area contributed by atoms with Crippen LogP contribution in [0.15, 0.2) is 35.7 Å². The monoisotopic (exact) mass is 285 g/mol. The zero-order valence-electron chi connectivity index (χ0n) is 11.7. The molecule has 0 amide bonds. The van der Waals surface area contributed by atoms with Crippen molar-refractivity contribution in [2.24, 2.45) is 5.92 Å². The van der Waals surface area contributed by atoms with Gasteiger partial charge in [-0.05, 0) is 31.2 Å². The molecule has 20 heavy (non-hydrogen) atoms. The third-order valence-corrected chi connectivity index (χ3v) is 5.11. The maximum absolute atomic E-state index is 12.2. The first-order chi connectivity index (χ1) is 9.72. The minimum atomic E-state index is 0.152. The number of thiazole rings is 1. The molecular weight excluding hydrogens is 266 g/mol. The number of hydrogen-bond donors (Lipinski definition) is 0. The molecule has 1 aromatic carbocycles. The number of aryl methyl sites for hydroxylation is 1. The Labute approximate surface area is 123 Å². The second-order valence-corrected chi connectivity index (χ2v) is 6.57. The minimum Gasteiger partial charge on any atom is -0.299 e. The van der Waals surface area contributed by atoms with Crippen LogP contribution in [0.3, 0.4) is 0 Å². The van der Waals surface area contributed by atoms with Crippen molar-refractivity contribution < 1.29 is 4.79 Å². The van der Waals surface area contributed by atoms with Gasteiger partial charge in [-0.3, -0.25) is 4.79 Å². The minimum absolute atomic E-state index is 0.152. The van der Waals surface area contributed by atoms with Gasteiger partial charge in [0.15, 0.2) is 0 Å². The third-order valence-electron chi connectivity index (χ3n) is 4.12. The average molecular weight is 285 g/mol. The van der Waals surface area contributed by atoms with Gasteiger partial charge in [0, 0.05) is 29.8 Å². The number of carbonyl (C=O) groups excluding carboxylic acids is 1. The zero-order chi connectivity index (χ0) is 13.9. The van der Waals surface area contributed by atoms with E-state index in [0.717, 1.165) is 30.0 Å². The first-order valence-corrected chi connectivity index (χ1v) is 8.09. The molecule has 0 saturated heterocycles. The van der Waals surface area contributed by atoms with Crippen LogP contribution in [0.5, 0.6) is 0 Å². The molecule has 1 aliphatic carbocycles. The summed E-state index contributed by atoms with van der Waals surface area (Å²) in [6.45, 7) is 2.01. The SMILES string of the molecule is Cc1csc(CC2CC(c3ccccc3)CCC2=O)n1. The first-order valence-electron chi connectivity index (χ1n) is 7.21. The highest BCUT2D eigenvalue weighted by Crippen LogP contribution is 2.36. The summed E-state index contributed by atoms with van der Waals surface area (Å²) in [7, 11) is 0. The summed E-state index contributed by atoms with van der Waals surface area (Å²) in [5, 5.41) is 3.17. The van der Waals surface area contributed by atoms with Crippen molar-refractivity contribution in [3.05, 3.63) is 52.0 Å². The van der Waals surface area contributed by atoms with Crippen LogP contribution in [-0.4, -0.2) is 10.8 Å². The second kappa shape index (κ2) is 5.88. The molecule has 1 heterocycles. The number of ketones is 1. The van der Waals surface area contributed by atoms with Crippen molar-refractivity contribution in [2.75, 3.05) is 0 Å². The molecule has 1 aliphatic rings. The van der Waals surface area contributed by atoms with Crippen molar-refractivity contribution >= 4 is 17.1 Å². The van der Waals surface area contributed by atoms with Gasteiger partial charge in [-0.15, -0.1) is 11.3 Å². The van der Waals surface area contributed by atoms with Crippen LogP contribution in [0.1, 0.15) is 41.4 Å². The van der Waals surface area contributed by atoms with Gasteiger partial charge in [0.25, 0.3) is 0 Å². The summed E-state index contributed by atoms with van der Waals surface area (Å²) < 4.78 is 0. The Morgan fingerprint density at radius 1 is 1.30 bits per heavy atom. The van der Waals surface area contributed by atoms with E-state index in [9.17, 15) is 4.79 Å². The van der Waals surface area contributed by atoms with Crippen molar-refractivity contribution in [3.8, 4) is 0 Å². The van der Waals surface area contributed by atoms with Gasteiger partial charge in [-0.25, -0.2) is 4.98 Å². The number of aromatic nitrogens is 1. The number of nitrogens with zero attached hydrogens (tertiary/aromatic N) is 1. The normalized spacial score (nSPS) is 22.9. The van der Waals surface area contributed by atoms with Crippen molar-refractivity contribution in [3.63, 3.8) is 0 Å². The molecular formula is C17H19NOS. The Morgan fingerprint density at radius 2 is 2.10 bits per heavy atom. The lowest BCUT2D eigenvalue weighted by atomic mass is 9.76. The van der Waals surface area contributed by atoms with Gasteiger partial charge < -0.3 is 0 Å². The van der Waals surface area contributed by atoms with Gasteiger partial charge >= 0.3 is 0 Å². The predicted octanol–water partition coefficient (Wildman–Crippen LogP) is 4.15. The Balaban J connectivity index is 1.72. The van der Waals surface area contributed by atoms with Gasteiger partial charge in [0.2, 0.25) is 0 Å². The molecule has 2 aromatic rings. The van der Waals surface area contributed by atoms with E-state index in [1.807, 2.05) is 13.0 Å². The molecule has 0 bridgehead atoms. The quantitative estimate of drug-likeness (QED) is 0.848. The molecule has 0 radical (unpaired) electrons. The van der Waals surface area contributed by atoms with Gasteiger partial charge in [-0.1, -0.05) is 30.3 Å². The summed E-state index contributed by atoms with van der Waals surface area (Å²) in [5.74, 6) is 1.10. The van der Waals surface area contributed by atoms with Crippen LogP contribution in [0.2, 0.25) is 0 Å². The summed E-state index contributed by atoms with van der Waals surface area (Å²) in [6.07, 6.45) is 3.51. The Hall–Kier alpha value is -1.48. The molecule has 3 heteroatoms. The fourth-order valence-corrected chi connectivity index (χ4v) is 3.90. The van der Waals surface area contributed by atoms with Gasteiger partial charge in [-0.2, -0.15) is 0 Å². The van der Waals surface area contributed by atoms with Crippen LogP contribution in [0, 0.1) is 12.8 Å². The van der Waals surface area contributed by atoms with Crippen molar-refractivity contribution in [1.82, 2.24) is 4.98 Å². The molecule has 2 unspecified atom stereocenters. The standard InChI is InChI=1S/C17H19NOS/c1-12-11-20-17(18-12)10-15-9-14(7-8-16(15)19)13-5-3-2-4-6-13/h2-6,11,14-15H,7-10H2,1H3. The average Bonchev–Trinajstić information content (AvgIpc) is 2.88. The van der Waals surface area contributed by atoms with E-state index < -0.39 is 0 Å². The summed E-state index contributed by atoms with van der Waals surface area (Å²) in [6, 6.07) is 10.6. The van der Waals surface area contributed by atoms with Crippen LogP contribution in [0.25, 0.3) is 0 Å². The fourth-order valence-electron chi connectivity index (χ4n) is 3.05. The van der Waals surface area contributed by atoms with Crippen molar-refractivity contribution in [1.29, 1.82) is 0 Å². The second-order valence-electron chi connectivity index (χ2n) is 5.63. The number of benzene rings is 1. The van der Waals surface area contributed by atoms with Crippen LogP contribution in [0.4, 0.5) is 0 Å². The summed E-state index contributed by atoms with van der Waals surface area (Å²) in [5.41, 5.74) is 2.44. The number of rotatable bonds is 3. The highest BCUT2D eigenvalue weighted by atomic mass is 32.1. The highest BCUT2D eigenvalue weighted by molar-refractivity contribution is 7.09. The van der Waals surface area contributed by atoms with E-state index in [1.165, 1.54) is 5.56 Å². The molecule has 1 aromatic heterocycles. The summed E-state index contributed by atoms with van der Waals surface area (Å²) >= 11 is 1.68. The van der Waals surface area contributed by atoms with E-state index in [1.54, 1.807) is 11.3 Å². The Morgan fingerprint density at radius 3 is 2.80 bits per heavy atom. The maximum atomic E-state index is 12.2. The maximum Gasteiger partial charge on any atom is 0.136 e. The number of carbonyl (C=O) groups is 1. The van der Waals surface area contributed by atoms with Gasteiger partial charge in [0.1, 0.15) is 5.78 Å². The van der Waals surface area contributed by atoms with E-state index in [0.29, 0.717) is 18.1 Å². The van der Waals surface area contributed by atoms with Crippen molar-refractivity contribution in [2.45, 2.75) is 38.5 Å². The van der Waals surface area contributed by atoms with Crippen LogP contribution < -0.4 is 0 Å². The van der Waals surface area contributed by atoms with Crippen LogP contribution in [-0.2, 0) is 11.2 Å². The largest absolute Gasteiger partial charge is 0.299 e. The highest BCUT2D eigenvalue weighted by Gasteiger charge is 2.30. The molecule has 2 atom stereocenters. The lowest BCUT2D eigenvalue weighted by Gasteiger charge is -2.28. The van der Waals surface area contributed by atoms with Crippen LogP contribution >= 0.6 is 11.3 Å². The molecule has 1 fully saturated rings. The van der Waals surface area contributed by atoms with Gasteiger partial charge in [0.05, 0.1) is 5.01 Å². The number of hydrogen-bond acceptors (Lipinski definition) is 3. The summed E-state index contributed by atoms with van der Waals surface area (Å²) in [4.78, 5) is 16.7. The molecule has 3 rings (SSSR count). The molecule has 104 valence electrons.